The van der Waals surface area contributed by atoms with Crippen LogP contribution in [0.5, 0.6) is 11.5 Å². The van der Waals surface area contributed by atoms with Crippen molar-refractivity contribution < 1.29 is 37.3 Å². The van der Waals surface area contributed by atoms with Crippen molar-refractivity contribution in [1.82, 2.24) is 4.57 Å². The normalized spacial score (nSPS) is 13.5. The summed E-state index contributed by atoms with van der Waals surface area (Å²) in [5.74, 6) is -2.98. The molecular formula is C24H23F3NO5-. The molecule has 0 aliphatic carbocycles. The van der Waals surface area contributed by atoms with E-state index < -0.39 is 29.9 Å². The molecule has 0 fully saturated rings. The van der Waals surface area contributed by atoms with Gasteiger partial charge in [0.25, 0.3) is 5.91 Å². The van der Waals surface area contributed by atoms with E-state index in [0.717, 1.165) is 12.1 Å². The van der Waals surface area contributed by atoms with Crippen molar-refractivity contribution in [1.29, 1.82) is 0 Å². The average molecular weight is 462 g/mol. The number of carboxylic acids is 1. The van der Waals surface area contributed by atoms with Crippen LogP contribution in [0.2, 0.25) is 0 Å². The van der Waals surface area contributed by atoms with Crippen LogP contribution >= 0.6 is 0 Å². The van der Waals surface area contributed by atoms with E-state index in [1.165, 1.54) is 23.8 Å². The Morgan fingerprint density at radius 1 is 1.09 bits per heavy atom. The Hall–Kier alpha value is -3.49. The quantitative estimate of drug-likeness (QED) is 0.519. The number of ether oxygens (including phenoxy) is 2. The molecule has 2 atom stereocenters. The van der Waals surface area contributed by atoms with Gasteiger partial charge in [0.15, 0.2) is 0 Å². The lowest BCUT2D eigenvalue weighted by Crippen LogP contribution is -2.33. The molecule has 1 heterocycles. The van der Waals surface area contributed by atoms with Gasteiger partial charge in [-0.25, -0.2) is 0 Å². The molecule has 1 unspecified atom stereocenters. The molecule has 2 aromatic carbocycles. The number of carboxylic acid groups (broad SMARTS) is 1. The lowest BCUT2D eigenvalue weighted by Gasteiger charge is -2.25. The number of nitrogens with zero attached hydrogens (tertiary/aromatic N) is 1. The van der Waals surface area contributed by atoms with Crippen LogP contribution in [0.3, 0.4) is 0 Å². The molecule has 0 aliphatic heterocycles. The molecule has 0 amide bonds. The largest absolute Gasteiger partial charge is 0.573 e. The fourth-order valence-corrected chi connectivity index (χ4v) is 4.00. The molecule has 0 radical (unpaired) electrons. The van der Waals surface area contributed by atoms with Gasteiger partial charge in [-0.15, -0.1) is 13.2 Å². The monoisotopic (exact) mass is 462 g/mol. The molecule has 6 nitrogen and oxygen atoms in total. The smallest absolute Gasteiger partial charge is 0.549 e. The highest BCUT2D eigenvalue weighted by molar-refractivity contribution is 6.05. The Bertz CT molecular complexity index is 1180. The molecule has 0 spiro atoms. The zero-order valence-corrected chi connectivity index (χ0v) is 18.5. The Morgan fingerprint density at radius 3 is 2.21 bits per heavy atom. The number of aliphatic carboxylic acids is 1. The number of hydrogen-bond donors (Lipinski definition) is 0. The van der Waals surface area contributed by atoms with Gasteiger partial charge in [-0.2, -0.15) is 0 Å². The van der Waals surface area contributed by atoms with Crippen molar-refractivity contribution in [2.45, 2.75) is 39.5 Å². The topological polar surface area (TPSA) is 80.6 Å². The maximum absolute atomic E-state index is 13.4. The first-order valence-corrected chi connectivity index (χ1v) is 10.3. The van der Waals surface area contributed by atoms with E-state index in [0.29, 0.717) is 34.3 Å². The van der Waals surface area contributed by atoms with Gasteiger partial charge in [-0.05, 0) is 60.9 Å². The van der Waals surface area contributed by atoms with Crippen molar-refractivity contribution in [3.05, 3.63) is 59.3 Å². The third-order valence-electron chi connectivity index (χ3n) is 5.78. The highest BCUT2D eigenvalue weighted by Crippen LogP contribution is 2.38. The Balaban J connectivity index is 2.18. The van der Waals surface area contributed by atoms with Crippen molar-refractivity contribution >= 4 is 22.8 Å². The number of carbonyl (C=O) groups excluding carboxylic acids is 2. The molecule has 0 saturated carbocycles. The molecule has 0 N–H and O–H groups in total. The molecule has 0 bridgehead atoms. The summed E-state index contributed by atoms with van der Waals surface area (Å²) in [5, 5.41) is 12.6. The minimum absolute atomic E-state index is 0.112. The van der Waals surface area contributed by atoms with Crippen molar-refractivity contribution in [2.24, 2.45) is 5.92 Å². The van der Waals surface area contributed by atoms with Gasteiger partial charge in [-0.1, -0.05) is 20.3 Å². The van der Waals surface area contributed by atoms with Crippen LogP contribution in [-0.2, 0) is 4.79 Å². The first-order chi connectivity index (χ1) is 15.5. The van der Waals surface area contributed by atoms with Crippen molar-refractivity contribution in [2.75, 3.05) is 7.11 Å². The van der Waals surface area contributed by atoms with Gasteiger partial charge in [0.05, 0.1) is 12.6 Å². The first-order valence-electron chi connectivity index (χ1n) is 10.3. The number of halogens is 3. The first kappa shape index (κ1) is 24.2. The third kappa shape index (κ3) is 4.81. The zero-order valence-electron chi connectivity index (χ0n) is 18.5. The average Bonchev–Trinajstić information content (AvgIpc) is 3.03. The maximum Gasteiger partial charge on any atom is 0.573 e. The van der Waals surface area contributed by atoms with Crippen LogP contribution in [0.25, 0.3) is 10.9 Å². The zero-order chi connectivity index (χ0) is 24.5. The number of aromatic nitrogens is 1. The minimum atomic E-state index is -4.84. The van der Waals surface area contributed by atoms with E-state index in [1.54, 1.807) is 32.0 Å². The van der Waals surface area contributed by atoms with Crippen LogP contribution in [-0.4, -0.2) is 29.9 Å². The summed E-state index contributed by atoms with van der Waals surface area (Å²) in [6.07, 6.45) is -4.27. The number of benzene rings is 2. The molecule has 3 rings (SSSR count). The summed E-state index contributed by atoms with van der Waals surface area (Å²) < 4.78 is 47.8. The SMILES string of the molecule is CCC(C)[C@@H](C(=O)[O-])c1c(C)n(C(=O)c2ccc(OC(F)(F)F)cc2)c2ccc(OC)cc12. The van der Waals surface area contributed by atoms with Gasteiger partial charge >= 0.3 is 6.36 Å². The van der Waals surface area contributed by atoms with E-state index in [2.05, 4.69) is 4.74 Å². The number of methoxy groups -OCH3 is 1. The number of hydrogen-bond acceptors (Lipinski definition) is 5. The Kier molecular flexibility index (Phi) is 6.71. The number of alkyl halides is 3. The fraction of sp³-hybridized carbons (Fsp3) is 0.333. The second-order valence-electron chi connectivity index (χ2n) is 7.78. The highest BCUT2D eigenvalue weighted by Gasteiger charge is 2.32. The number of carbonyl (C=O) groups is 2. The lowest BCUT2D eigenvalue weighted by atomic mass is 9.84. The van der Waals surface area contributed by atoms with Gasteiger partial charge in [0.1, 0.15) is 11.5 Å². The summed E-state index contributed by atoms with van der Waals surface area (Å²) in [6, 6.07) is 9.51. The molecule has 1 aromatic heterocycles. The van der Waals surface area contributed by atoms with Gasteiger partial charge in [0.2, 0.25) is 0 Å². The molecule has 3 aromatic rings. The Labute approximate surface area is 188 Å². The van der Waals surface area contributed by atoms with Gasteiger partial charge < -0.3 is 19.4 Å². The number of fused-ring (bicyclic) bond motifs is 1. The van der Waals surface area contributed by atoms with Gasteiger partial charge in [0, 0.05) is 28.5 Å². The van der Waals surface area contributed by atoms with E-state index >= 15 is 0 Å². The van der Waals surface area contributed by atoms with E-state index in [4.69, 9.17) is 4.74 Å². The summed E-state index contributed by atoms with van der Waals surface area (Å²) in [5.41, 5.74) is 1.43. The Morgan fingerprint density at radius 2 is 1.70 bits per heavy atom. The van der Waals surface area contributed by atoms with Crippen LogP contribution in [0, 0.1) is 12.8 Å². The molecule has 176 valence electrons. The molecule has 0 saturated heterocycles. The predicted octanol–water partition coefficient (Wildman–Crippen LogP) is 4.43. The van der Waals surface area contributed by atoms with Crippen LogP contribution in [0.1, 0.15) is 47.8 Å². The van der Waals surface area contributed by atoms with Crippen molar-refractivity contribution in [3.63, 3.8) is 0 Å². The van der Waals surface area contributed by atoms with Crippen LogP contribution in [0.4, 0.5) is 13.2 Å². The second kappa shape index (κ2) is 9.17. The third-order valence-corrected chi connectivity index (χ3v) is 5.78. The molecule has 33 heavy (non-hydrogen) atoms. The summed E-state index contributed by atoms with van der Waals surface area (Å²) in [7, 11) is 1.48. The van der Waals surface area contributed by atoms with E-state index in [9.17, 15) is 27.9 Å². The standard InChI is InChI=1S/C24H24F3NO5/c1-5-13(2)20(23(30)31)21-14(3)28(19-11-10-17(32-4)12-18(19)21)22(29)15-6-8-16(9-7-15)33-24(25,26)27/h6-13,20H,5H2,1-4H3,(H,30,31)/p-1/t13?,20-/m1/s1. The minimum Gasteiger partial charge on any atom is -0.549 e. The predicted molar refractivity (Wildman–Crippen MR) is 113 cm³/mol. The van der Waals surface area contributed by atoms with E-state index in [1.807, 2.05) is 6.92 Å². The van der Waals surface area contributed by atoms with Crippen molar-refractivity contribution in [3.8, 4) is 11.5 Å². The second-order valence-corrected chi connectivity index (χ2v) is 7.78. The highest BCUT2D eigenvalue weighted by atomic mass is 19.4. The van der Waals surface area contributed by atoms with Crippen LogP contribution in [0.15, 0.2) is 42.5 Å². The summed E-state index contributed by atoms with van der Waals surface area (Å²) in [4.78, 5) is 25.5. The van der Waals surface area contributed by atoms with Crippen LogP contribution < -0.4 is 14.6 Å². The molecule has 0 aliphatic rings. The maximum atomic E-state index is 13.4. The molecule has 9 heteroatoms. The number of rotatable bonds is 7. The lowest BCUT2D eigenvalue weighted by molar-refractivity contribution is -0.309. The fourth-order valence-electron chi connectivity index (χ4n) is 4.00. The molecular weight excluding hydrogens is 439 g/mol. The summed E-state index contributed by atoms with van der Waals surface area (Å²) >= 11 is 0. The summed E-state index contributed by atoms with van der Waals surface area (Å²) in [6.45, 7) is 5.30. The van der Waals surface area contributed by atoms with E-state index in [-0.39, 0.29) is 11.5 Å². The van der Waals surface area contributed by atoms with Gasteiger partial charge in [-0.3, -0.25) is 9.36 Å².